The van der Waals surface area contributed by atoms with Crippen LogP contribution >= 0.6 is 0 Å². The van der Waals surface area contributed by atoms with Crippen molar-refractivity contribution in [3.63, 3.8) is 0 Å². The molecule has 4 aliphatic carbocycles. The van der Waals surface area contributed by atoms with Gasteiger partial charge >= 0.3 is 0 Å². The number of rotatable bonds is 5. The van der Waals surface area contributed by atoms with Crippen LogP contribution in [-0.2, 0) is 11.3 Å². The van der Waals surface area contributed by atoms with Crippen LogP contribution in [0.15, 0.2) is 36.0 Å². The van der Waals surface area contributed by atoms with Crippen LogP contribution in [0, 0.1) is 34.8 Å². The molecule has 8 heteroatoms. The molecule has 4 aliphatic rings. The number of hydrogen-bond donors (Lipinski definition) is 1. The topological polar surface area (TPSA) is 72.2 Å². The molecule has 4 bridgehead atoms. The average Bonchev–Trinajstić information content (AvgIpc) is 3.17. The Labute approximate surface area is 167 Å². The fourth-order valence-corrected chi connectivity index (χ4v) is 6.00. The maximum absolute atomic E-state index is 14.4. The number of halogens is 2. The Balaban J connectivity index is 1.41. The highest BCUT2D eigenvalue weighted by Gasteiger charge is 2.54. The zero-order chi connectivity index (χ0) is 20.0. The lowest BCUT2D eigenvalue weighted by Gasteiger charge is -2.55. The Morgan fingerprint density at radius 3 is 2.45 bits per heavy atom. The summed E-state index contributed by atoms with van der Waals surface area (Å²) in [5.41, 5.74) is 2.77. The van der Waals surface area contributed by atoms with Gasteiger partial charge in [-0.3, -0.25) is 4.79 Å². The minimum Gasteiger partial charge on any atom is -0.273 e. The fourth-order valence-electron chi connectivity index (χ4n) is 6.00. The molecule has 1 aromatic heterocycles. The molecule has 152 valence electrons. The molecule has 1 amide bonds. The van der Waals surface area contributed by atoms with Gasteiger partial charge in [-0.05, 0) is 68.4 Å². The van der Waals surface area contributed by atoms with Crippen molar-refractivity contribution in [2.24, 2.45) is 28.3 Å². The average molecular weight is 399 g/mol. The van der Waals surface area contributed by atoms with Crippen molar-refractivity contribution in [2.45, 2.75) is 45.1 Å². The van der Waals surface area contributed by atoms with Gasteiger partial charge in [-0.2, -0.15) is 10.2 Å². The number of aromatic nitrogens is 3. The number of benzene rings is 1. The first kappa shape index (κ1) is 18.4. The molecule has 0 spiro atoms. The smallest absolute Gasteiger partial charge is 0.246 e. The van der Waals surface area contributed by atoms with Crippen molar-refractivity contribution < 1.29 is 13.6 Å². The van der Waals surface area contributed by atoms with E-state index in [1.54, 1.807) is 0 Å². The molecule has 1 aromatic carbocycles. The minimum atomic E-state index is -0.729. The van der Waals surface area contributed by atoms with Gasteiger partial charge in [0.1, 0.15) is 24.3 Å². The van der Waals surface area contributed by atoms with Crippen molar-refractivity contribution in [2.75, 3.05) is 0 Å². The zero-order valence-electron chi connectivity index (χ0n) is 16.0. The summed E-state index contributed by atoms with van der Waals surface area (Å²) < 4.78 is 29.2. The SMILES string of the molecule is O=C(NN=C(Cn1cncn1)c1ccc(F)cc1F)C12CC3CC(CC(C3)C1)C2. The number of carbonyl (C=O) groups excluding carboxylic acids is 1. The van der Waals surface area contributed by atoms with E-state index >= 15 is 0 Å². The molecule has 0 saturated heterocycles. The van der Waals surface area contributed by atoms with Gasteiger partial charge in [-0.1, -0.05) is 0 Å². The predicted octanol–water partition coefficient (Wildman–Crippen LogP) is 3.29. The Hall–Kier alpha value is -2.64. The van der Waals surface area contributed by atoms with Crippen molar-refractivity contribution in [3.8, 4) is 0 Å². The summed E-state index contributed by atoms with van der Waals surface area (Å²) in [4.78, 5) is 17.1. The largest absolute Gasteiger partial charge is 0.273 e. The molecule has 29 heavy (non-hydrogen) atoms. The molecule has 0 atom stereocenters. The molecule has 0 unspecified atom stereocenters. The third-order valence-corrected chi connectivity index (χ3v) is 6.83. The first-order chi connectivity index (χ1) is 14.0. The lowest BCUT2D eigenvalue weighted by molar-refractivity contribution is -0.146. The zero-order valence-corrected chi connectivity index (χ0v) is 16.0. The number of hydrazone groups is 1. The van der Waals surface area contributed by atoms with Crippen LogP contribution in [0.4, 0.5) is 8.78 Å². The second kappa shape index (κ2) is 7.00. The van der Waals surface area contributed by atoms with Gasteiger partial charge in [0, 0.05) is 11.6 Å². The second-order valence-corrected chi connectivity index (χ2v) is 8.91. The molecular weight excluding hydrogens is 376 g/mol. The quantitative estimate of drug-likeness (QED) is 0.619. The third-order valence-electron chi connectivity index (χ3n) is 6.83. The number of hydrogen-bond acceptors (Lipinski definition) is 4. The van der Waals surface area contributed by atoms with Gasteiger partial charge in [0.25, 0.3) is 0 Å². The van der Waals surface area contributed by atoms with E-state index in [-0.39, 0.29) is 29.1 Å². The van der Waals surface area contributed by atoms with E-state index in [9.17, 15) is 13.6 Å². The lowest BCUT2D eigenvalue weighted by Crippen LogP contribution is -2.53. The monoisotopic (exact) mass is 399 g/mol. The fraction of sp³-hybridized carbons (Fsp3) is 0.524. The summed E-state index contributed by atoms with van der Waals surface area (Å²) in [6, 6.07) is 3.32. The molecule has 4 fully saturated rings. The first-order valence-electron chi connectivity index (χ1n) is 10.2. The van der Waals surface area contributed by atoms with E-state index in [0.717, 1.165) is 25.3 Å². The van der Waals surface area contributed by atoms with Crippen molar-refractivity contribution in [1.29, 1.82) is 0 Å². The summed E-state index contributed by atoms with van der Waals surface area (Å²) in [5, 5.41) is 8.31. The predicted molar refractivity (Wildman–Crippen MR) is 102 cm³/mol. The highest BCUT2D eigenvalue weighted by molar-refractivity contribution is 6.01. The molecule has 1 heterocycles. The third kappa shape index (κ3) is 3.45. The maximum atomic E-state index is 14.4. The van der Waals surface area contributed by atoms with Crippen molar-refractivity contribution in [1.82, 2.24) is 20.2 Å². The second-order valence-electron chi connectivity index (χ2n) is 8.91. The molecular formula is C21H23F2N5O. The van der Waals surface area contributed by atoms with Gasteiger partial charge in [-0.25, -0.2) is 23.9 Å². The van der Waals surface area contributed by atoms with Crippen LogP contribution < -0.4 is 5.43 Å². The van der Waals surface area contributed by atoms with Crippen molar-refractivity contribution in [3.05, 3.63) is 48.1 Å². The highest BCUT2D eigenvalue weighted by Crippen LogP contribution is 2.60. The number of nitrogens with zero attached hydrogens (tertiary/aromatic N) is 4. The van der Waals surface area contributed by atoms with Gasteiger partial charge in [0.15, 0.2) is 0 Å². The normalized spacial score (nSPS) is 30.6. The van der Waals surface area contributed by atoms with Crippen LogP contribution in [0.2, 0.25) is 0 Å². The van der Waals surface area contributed by atoms with Crippen LogP contribution in [0.3, 0.4) is 0 Å². The standard InChI is InChI=1S/C21H23F2N5O/c22-16-1-2-17(18(23)6-16)19(10-28-12-24-11-25-28)26-27-20(29)21-7-13-3-14(8-21)5-15(4-13)9-21/h1-2,6,11-15H,3-5,7-10H2,(H,27,29). The van der Waals surface area contributed by atoms with E-state index in [4.69, 9.17) is 0 Å². The molecule has 1 N–H and O–H groups in total. The molecule has 0 radical (unpaired) electrons. The van der Waals surface area contributed by atoms with Gasteiger partial charge < -0.3 is 0 Å². The minimum absolute atomic E-state index is 0.0739. The van der Waals surface area contributed by atoms with Gasteiger partial charge in [0.2, 0.25) is 5.91 Å². The molecule has 2 aromatic rings. The van der Waals surface area contributed by atoms with E-state index in [0.29, 0.717) is 17.8 Å². The summed E-state index contributed by atoms with van der Waals surface area (Å²) in [5.74, 6) is 0.451. The number of carbonyl (C=O) groups is 1. The van der Waals surface area contributed by atoms with E-state index < -0.39 is 11.6 Å². The molecule has 6 nitrogen and oxygen atoms in total. The lowest BCUT2D eigenvalue weighted by atomic mass is 9.49. The Bertz CT molecular complexity index is 921. The maximum Gasteiger partial charge on any atom is 0.246 e. The molecule has 0 aliphatic heterocycles. The number of amides is 1. The van der Waals surface area contributed by atoms with Crippen LogP contribution in [0.1, 0.15) is 44.1 Å². The summed E-state index contributed by atoms with van der Waals surface area (Å²) in [6.45, 7) is 0.115. The molecule has 4 saturated carbocycles. The van der Waals surface area contributed by atoms with Crippen molar-refractivity contribution >= 4 is 11.6 Å². The Morgan fingerprint density at radius 1 is 1.17 bits per heavy atom. The summed E-state index contributed by atoms with van der Waals surface area (Å²) in [6.07, 6.45) is 9.35. The van der Waals surface area contributed by atoms with Crippen LogP contribution in [0.5, 0.6) is 0 Å². The summed E-state index contributed by atoms with van der Waals surface area (Å²) >= 11 is 0. The highest BCUT2D eigenvalue weighted by atomic mass is 19.1. The van der Waals surface area contributed by atoms with Gasteiger partial charge in [-0.15, -0.1) is 0 Å². The van der Waals surface area contributed by atoms with Gasteiger partial charge in [0.05, 0.1) is 17.7 Å². The van der Waals surface area contributed by atoms with Crippen LogP contribution in [0.25, 0.3) is 0 Å². The Kier molecular flexibility index (Phi) is 4.44. The van der Waals surface area contributed by atoms with E-state index in [1.807, 2.05) is 0 Å². The first-order valence-corrected chi connectivity index (χ1v) is 10.2. The van der Waals surface area contributed by atoms with Crippen LogP contribution in [-0.4, -0.2) is 26.4 Å². The number of nitrogens with one attached hydrogen (secondary N) is 1. The Morgan fingerprint density at radius 2 is 1.86 bits per heavy atom. The molecule has 6 rings (SSSR count). The summed E-state index contributed by atoms with van der Waals surface area (Å²) in [7, 11) is 0. The van der Waals surface area contributed by atoms with E-state index in [2.05, 4.69) is 20.6 Å². The van der Waals surface area contributed by atoms with E-state index in [1.165, 1.54) is 48.7 Å².